The van der Waals surface area contributed by atoms with E-state index in [1.54, 1.807) is 7.05 Å². The van der Waals surface area contributed by atoms with Crippen molar-refractivity contribution in [2.45, 2.75) is 57.7 Å². The summed E-state index contributed by atoms with van der Waals surface area (Å²) in [7, 11) is -3.15. The second kappa shape index (κ2) is 14.4. The van der Waals surface area contributed by atoms with Crippen LogP contribution in [0.5, 0.6) is 5.75 Å². The quantitative estimate of drug-likeness (QED) is 0.213. The Morgan fingerprint density at radius 2 is 1.51 bits per heavy atom. The Kier molecular flexibility index (Phi) is 11.7. The summed E-state index contributed by atoms with van der Waals surface area (Å²) in [6.07, 6.45) is 0.0353. The number of hydrogen-bond donors (Lipinski definition) is 5. The lowest BCUT2D eigenvalue weighted by molar-refractivity contribution is -0.140. The first-order chi connectivity index (χ1) is 18.2. The molecule has 3 amide bonds. The van der Waals surface area contributed by atoms with Gasteiger partial charge >= 0.3 is 13.8 Å². The monoisotopic (exact) mass is 563 g/mol. The normalized spacial score (nSPS) is 13.5. The van der Waals surface area contributed by atoms with Gasteiger partial charge in [0.05, 0.1) is 0 Å². The molecular formula is C26H34N3O9P. The van der Waals surface area contributed by atoms with Gasteiger partial charge in [0.15, 0.2) is 0 Å². The summed E-state index contributed by atoms with van der Waals surface area (Å²) in [5.41, 5.74) is 1.54. The fourth-order valence-electron chi connectivity index (χ4n) is 3.87. The number of phosphoric acid groups is 1. The van der Waals surface area contributed by atoms with Crippen LogP contribution in [0.1, 0.15) is 37.8 Å². The van der Waals surface area contributed by atoms with Gasteiger partial charge in [-0.2, -0.15) is 0 Å². The van der Waals surface area contributed by atoms with Crippen molar-refractivity contribution in [1.29, 1.82) is 0 Å². The summed E-state index contributed by atoms with van der Waals surface area (Å²) in [6.45, 7) is 3.07. The average Bonchev–Trinajstić information content (AvgIpc) is 2.85. The third kappa shape index (κ3) is 11.3. The molecule has 0 radical (unpaired) electrons. The van der Waals surface area contributed by atoms with E-state index in [0.717, 1.165) is 5.56 Å². The number of carbonyl (C=O) groups is 4. The summed E-state index contributed by atoms with van der Waals surface area (Å²) in [6, 6.07) is 12.6. The van der Waals surface area contributed by atoms with Crippen LogP contribution in [0.3, 0.4) is 0 Å². The summed E-state index contributed by atoms with van der Waals surface area (Å²) < 4.78 is 15.5. The molecule has 0 spiro atoms. The Hall–Kier alpha value is -3.73. The molecule has 0 bridgehead atoms. The average molecular weight is 564 g/mol. The minimum atomic E-state index is -4.74. The van der Waals surface area contributed by atoms with Gasteiger partial charge in [-0.15, -0.1) is 0 Å². The van der Waals surface area contributed by atoms with Crippen molar-refractivity contribution in [3.8, 4) is 5.75 Å². The SMILES string of the molecule is CC(=O)N[C@@H](Cc1ccc(OP(=O)(O)O)cc1)C(=O)N[C@@H](CCC(=O)O)C(=O)N(C)[C@@H](C)Cc1ccccc1. The van der Waals surface area contributed by atoms with Gasteiger partial charge in [0.1, 0.15) is 17.8 Å². The van der Waals surface area contributed by atoms with Crippen LogP contribution in [0.2, 0.25) is 0 Å². The van der Waals surface area contributed by atoms with Crippen LogP contribution in [0, 0.1) is 0 Å². The second-order valence-corrected chi connectivity index (χ2v) is 10.3. The van der Waals surface area contributed by atoms with E-state index < -0.39 is 43.6 Å². The molecule has 0 aliphatic carbocycles. The maximum Gasteiger partial charge on any atom is 0.524 e. The van der Waals surface area contributed by atoms with Crippen molar-refractivity contribution in [2.75, 3.05) is 7.05 Å². The first-order valence-electron chi connectivity index (χ1n) is 12.2. The smallest absolute Gasteiger partial charge is 0.481 e. The van der Waals surface area contributed by atoms with Crippen molar-refractivity contribution in [1.82, 2.24) is 15.5 Å². The molecule has 0 saturated carbocycles. The van der Waals surface area contributed by atoms with E-state index in [9.17, 15) is 28.8 Å². The number of carboxylic acid groups (broad SMARTS) is 1. The predicted molar refractivity (Wildman–Crippen MR) is 142 cm³/mol. The zero-order valence-electron chi connectivity index (χ0n) is 21.9. The van der Waals surface area contributed by atoms with Crippen molar-refractivity contribution in [3.63, 3.8) is 0 Å². The fourth-order valence-corrected chi connectivity index (χ4v) is 4.26. The van der Waals surface area contributed by atoms with E-state index in [1.807, 2.05) is 37.3 Å². The molecule has 12 nitrogen and oxygen atoms in total. The number of nitrogens with one attached hydrogen (secondary N) is 2. The molecule has 2 rings (SSSR count). The zero-order chi connectivity index (χ0) is 29.2. The summed E-state index contributed by atoms with van der Waals surface area (Å²) >= 11 is 0. The third-order valence-corrected chi connectivity index (χ3v) is 6.37. The van der Waals surface area contributed by atoms with Crippen LogP contribution >= 0.6 is 7.82 Å². The molecule has 0 heterocycles. The van der Waals surface area contributed by atoms with Crippen molar-refractivity contribution in [2.24, 2.45) is 0 Å². The third-order valence-electron chi connectivity index (χ3n) is 5.93. The molecule has 0 unspecified atom stereocenters. The Balaban J connectivity index is 2.17. The topological polar surface area (TPSA) is 183 Å². The Morgan fingerprint density at radius 3 is 2.05 bits per heavy atom. The van der Waals surface area contributed by atoms with Gasteiger partial charge in [-0.25, -0.2) is 4.57 Å². The highest BCUT2D eigenvalue weighted by atomic mass is 31.2. The molecular weight excluding hydrogens is 529 g/mol. The molecule has 2 aromatic carbocycles. The summed E-state index contributed by atoms with van der Waals surface area (Å²) in [5.74, 6) is -2.86. The maximum atomic E-state index is 13.3. The number of nitrogens with zero attached hydrogens (tertiary/aromatic N) is 1. The van der Waals surface area contributed by atoms with Crippen LogP contribution in [-0.4, -0.2) is 68.7 Å². The largest absolute Gasteiger partial charge is 0.524 e. The molecule has 0 aromatic heterocycles. The highest BCUT2D eigenvalue weighted by Crippen LogP contribution is 2.37. The highest BCUT2D eigenvalue weighted by molar-refractivity contribution is 7.46. The standard InChI is InChI=1S/C26H34N3O9P/c1-17(15-19-7-5-4-6-8-19)29(3)26(34)22(13-14-24(31)32)28-25(33)23(27-18(2)30)16-20-9-11-21(12-10-20)38-39(35,36)37/h4-12,17,22-23H,13-16H2,1-3H3,(H,27,30)(H,28,33)(H,31,32)(H2,35,36,37)/t17-,22-,23-/m0/s1. The first-order valence-corrected chi connectivity index (χ1v) is 13.7. The Bertz CT molecular complexity index is 1180. The number of likely N-dealkylation sites (N-methyl/N-ethyl adjacent to an activating group) is 1. The van der Waals surface area contributed by atoms with Crippen LogP contribution in [0.25, 0.3) is 0 Å². The van der Waals surface area contributed by atoms with E-state index >= 15 is 0 Å². The fraction of sp³-hybridized carbons (Fsp3) is 0.385. The number of amides is 3. The van der Waals surface area contributed by atoms with E-state index in [-0.39, 0.29) is 31.1 Å². The number of hydrogen-bond acceptors (Lipinski definition) is 6. The van der Waals surface area contributed by atoms with Gasteiger partial charge in [-0.05, 0) is 43.0 Å². The van der Waals surface area contributed by atoms with Crippen LogP contribution in [-0.2, 0) is 36.6 Å². The first kappa shape index (κ1) is 31.5. The van der Waals surface area contributed by atoms with Crippen LogP contribution in [0.15, 0.2) is 54.6 Å². The number of phosphoric ester groups is 1. The number of carboxylic acids is 1. The van der Waals surface area contributed by atoms with Gasteiger partial charge in [-0.3, -0.25) is 29.0 Å². The molecule has 2 aromatic rings. The van der Waals surface area contributed by atoms with Crippen LogP contribution in [0.4, 0.5) is 0 Å². The van der Waals surface area contributed by atoms with Gasteiger partial charge in [0, 0.05) is 32.9 Å². The highest BCUT2D eigenvalue weighted by Gasteiger charge is 2.30. The molecule has 39 heavy (non-hydrogen) atoms. The predicted octanol–water partition coefficient (Wildman–Crippen LogP) is 1.64. The van der Waals surface area contributed by atoms with Crippen molar-refractivity contribution < 1.29 is 43.2 Å². The van der Waals surface area contributed by atoms with E-state index in [0.29, 0.717) is 12.0 Å². The van der Waals surface area contributed by atoms with E-state index in [2.05, 4.69) is 15.2 Å². The lowest BCUT2D eigenvalue weighted by Crippen LogP contribution is -2.55. The summed E-state index contributed by atoms with van der Waals surface area (Å²) in [4.78, 5) is 68.9. The molecule has 5 N–H and O–H groups in total. The van der Waals surface area contributed by atoms with E-state index in [1.165, 1.54) is 36.1 Å². The molecule has 0 aliphatic heterocycles. The minimum absolute atomic E-state index is 0.0122. The van der Waals surface area contributed by atoms with Crippen molar-refractivity contribution in [3.05, 3.63) is 65.7 Å². The number of carbonyl (C=O) groups excluding carboxylic acids is 3. The number of rotatable bonds is 14. The van der Waals surface area contributed by atoms with Crippen molar-refractivity contribution >= 4 is 31.5 Å². The number of aliphatic carboxylic acids is 1. The molecule has 0 fully saturated rings. The van der Waals surface area contributed by atoms with Crippen LogP contribution < -0.4 is 15.2 Å². The minimum Gasteiger partial charge on any atom is -0.481 e. The van der Waals surface area contributed by atoms with Gasteiger partial charge < -0.3 is 25.2 Å². The lowest BCUT2D eigenvalue weighted by atomic mass is 10.0. The van der Waals surface area contributed by atoms with Gasteiger partial charge in [-0.1, -0.05) is 42.5 Å². The lowest BCUT2D eigenvalue weighted by Gasteiger charge is -2.30. The summed E-state index contributed by atoms with van der Waals surface area (Å²) in [5, 5.41) is 14.3. The molecule has 0 aliphatic rings. The van der Waals surface area contributed by atoms with Gasteiger partial charge in [0.25, 0.3) is 0 Å². The molecule has 212 valence electrons. The molecule has 0 saturated heterocycles. The van der Waals surface area contributed by atoms with Gasteiger partial charge in [0.2, 0.25) is 17.7 Å². The molecule has 3 atom stereocenters. The molecule has 13 heteroatoms. The zero-order valence-corrected chi connectivity index (χ0v) is 22.8. The number of benzene rings is 2. The maximum absolute atomic E-state index is 13.3. The van der Waals surface area contributed by atoms with E-state index in [4.69, 9.17) is 9.79 Å². The Labute approximate surface area is 226 Å². The second-order valence-electron chi connectivity index (χ2n) is 9.16. The Morgan fingerprint density at radius 1 is 0.923 bits per heavy atom.